The Labute approximate surface area is 149 Å². The zero-order valence-electron chi connectivity index (χ0n) is 15.4. The van der Waals surface area contributed by atoms with Gasteiger partial charge >= 0.3 is 0 Å². The lowest BCUT2D eigenvalue weighted by Crippen LogP contribution is -2.30. The molecule has 0 amide bonds. The Kier molecular flexibility index (Phi) is 6.04. The van der Waals surface area contributed by atoms with Crippen molar-refractivity contribution in [2.45, 2.75) is 46.4 Å². The number of ether oxygens (including phenoxy) is 1. The fourth-order valence-corrected chi connectivity index (χ4v) is 3.19. The summed E-state index contributed by atoms with van der Waals surface area (Å²) in [6, 6.07) is 8.37. The van der Waals surface area contributed by atoms with Crippen LogP contribution >= 0.6 is 0 Å². The minimum absolute atomic E-state index is 0.194. The van der Waals surface area contributed by atoms with Crippen LogP contribution in [0.15, 0.2) is 28.8 Å². The van der Waals surface area contributed by atoms with E-state index in [1.54, 1.807) is 0 Å². The van der Waals surface area contributed by atoms with E-state index in [-0.39, 0.29) is 6.10 Å². The van der Waals surface area contributed by atoms with Gasteiger partial charge in [-0.2, -0.15) is 4.98 Å². The summed E-state index contributed by atoms with van der Waals surface area (Å²) in [7, 11) is 0. The van der Waals surface area contributed by atoms with Gasteiger partial charge in [0, 0.05) is 32.1 Å². The predicted molar refractivity (Wildman–Crippen MR) is 96.4 cm³/mol. The Morgan fingerprint density at radius 2 is 1.80 bits per heavy atom. The molecule has 0 bridgehead atoms. The van der Waals surface area contributed by atoms with E-state index in [2.05, 4.69) is 52.0 Å². The second kappa shape index (κ2) is 8.45. The van der Waals surface area contributed by atoms with Crippen molar-refractivity contribution in [2.75, 3.05) is 26.2 Å². The van der Waals surface area contributed by atoms with Crippen LogP contribution in [0.5, 0.6) is 5.75 Å². The molecule has 6 heteroatoms. The number of hydrogen-bond donors (Lipinski definition) is 0. The number of para-hydroxylation sites is 1. The first-order chi connectivity index (χ1) is 12.1. The van der Waals surface area contributed by atoms with E-state index in [9.17, 15) is 0 Å². The van der Waals surface area contributed by atoms with Crippen molar-refractivity contribution >= 4 is 0 Å². The Bertz CT molecular complexity index is 671. The zero-order valence-corrected chi connectivity index (χ0v) is 15.4. The van der Waals surface area contributed by atoms with Crippen LogP contribution in [0.25, 0.3) is 0 Å². The highest BCUT2D eigenvalue weighted by Crippen LogP contribution is 2.22. The number of rotatable bonds is 6. The second-order valence-electron chi connectivity index (χ2n) is 6.91. The molecule has 1 aromatic carbocycles. The Balaban J connectivity index is 1.56. The molecule has 0 atom stereocenters. The average molecular weight is 344 g/mol. The Hall–Kier alpha value is -1.92. The quantitative estimate of drug-likeness (QED) is 0.803. The Morgan fingerprint density at radius 1 is 1.08 bits per heavy atom. The molecule has 3 rings (SSSR count). The van der Waals surface area contributed by atoms with E-state index in [0.717, 1.165) is 57.3 Å². The van der Waals surface area contributed by atoms with Crippen molar-refractivity contribution in [3.05, 3.63) is 41.5 Å². The van der Waals surface area contributed by atoms with E-state index in [4.69, 9.17) is 9.26 Å². The van der Waals surface area contributed by atoms with Gasteiger partial charge in [-0.05, 0) is 39.4 Å². The molecule has 6 nitrogen and oxygen atoms in total. The van der Waals surface area contributed by atoms with E-state index in [1.807, 2.05) is 13.0 Å². The highest BCUT2D eigenvalue weighted by atomic mass is 16.5. The van der Waals surface area contributed by atoms with Crippen molar-refractivity contribution in [3.63, 3.8) is 0 Å². The van der Waals surface area contributed by atoms with Crippen molar-refractivity contribution in [1.29, 1.82) is 0 Å². The van der Waals surface area contributed by atoms with E-state index >= 15 is 0 Å². The molecule has 0 unspecified atom stereocenters. The van der Waals surface area contributed by atoms with Crippen molar-refractivity contribution in [1.82, 2.24) is 19.9 Å². The molecule has 0 saturated carbocycles. The van der Waals surface area contributed by atoms with Gasteiger partial charge < -0.3 is 9.26 Å². The molecule has 2 aromatic rings. The van der Waals surface area contributed by atoms with Gasteiger partial charge in [0.15, 0.2) is 5.82 Å². The molecule has 0 aliphatic carbocycles. The summed E-state index contributed by atoms with van der Waals surface area (Å²) >= 11 is 0. The van der Waals surface area contributed by atoms with E-state index in [0.29, 0.717) is 5.89 Å². The van der Waals surface area contributed by atoms with Gasteiger partial charge in [0.2, 0.25) is 5.89 Å². The molecule has 1 saturated heterocycles. The summed E-state index contributed by atoms with van der Waals surface area (Å²) in [6.07, 6.45) is 1.34. The third kappa shape index (κ3) is 5.28. The summed E-state index contributed by atoms with van der Waals surface area (Å²) in [6.45, 7) is 11.9. The normalized spacial score (nSPS) is 17.0. The van der Waals surface area contributed by atoms with Crippen LogP contribution in [0.3, 0.4) is 0 Å². The number of hydrogen-bond acceptors (Lipinski definition) is 6. The zero-order chi connectivity index (χ0) is 17.6. The van der Waals surface area contributed by atoms with Crippen LogP contribution in [0.1, 0.15) is 37.5 Å². The molecule has 136 valence electrons. The standard InChI is InChI=1S/C19H28N4O2/c1-15(2)24-18-8-5-4-7-17(18)13-22-9-6-10-23(12-11-22)14-19-20-16(3)25-21-19/h4-5,7-8,15H,6,9-14H2,1-3H3. The molecule has 25 heavy (non-hydrogen) atoms. The first-order valence-electron chi connectivity index (χ1n) is 9.08. The highest BCUT2D eigenvalue weighted by Gasteiger charge is 2.18. The van der Waals surface area contributed by atoms with Crippen LogP contribution in [-0.4, -0.2) is 52.2 Å². The SMILES string of the molecule is Cc1nc(CN2CCCN(Cc3ccccc3OC(C)C)CC2)no1. The van der Waals surface area contributed by atoms with Crippen LogP contribution in [0, 0.1) is 6.92 Å². The first-order valence-corrected chi connectivity index (χ1v) is 9.08. The number of benzene rings is 1. The number of aryl methyl sites for hydroxylation is 1. The van der Waals surface area contributed by atoms with Gasteiger partial charge in [0.1, 0.15) is 5.75 Å². The van der Waals surface area contributed by atoms with Crippen molar-refractivity contribution in [2.24, 2.45) is 0 Å². The molecular formula is C19H28N4O2. The number of nitrogens with zero attached hydrogens (tertiary/aromatic N) is 4. The third-order valence-corrected chi connectivity index (χ3v) is 4.35. The lowest BCUT2D eigenvalue weighted by Gasteiger charge is -2.23. The highest BCUT2D eigenvalue weighted by molar-refractivity contribution is 5.33. The molecule has 2 heterocycles. The minimum Gasteiger partial charge on any atom is -0.491 e. The molecule has 1 aliphatic heterocycles. The van der Waals surface area contributed by atoms with Gasteiger partial charge in [0.05, 0.1) is 12.6 Å². The summed E-state index contributed by atoms with van der Waals surface area (Å²) < 4.78 is 11.0. The van der Waals surface area contributed by atoms with Crippen molar-refractivity contribution < 1.29 is 9.26 Å². The lowest BCUT2D eigenvalue weighted by molar-refractivity contribution is 0.223. The van der Waals surface area contributed by atoms with E-state index in [1.165, 1.54) is 5.56 Å². The molecule has 1 fully saturated rings. The fraction of sp³-hybridized carbons (Fsp3) is 0.579. The lowest BCUT2D eigenvalue weighted by atomic mass is 10.2. The third-order valence-electron chi connectivity index (χ3n) is 4.35. The van der Waals surface area contributed by atoms with Gasteiger partial charge in [0.25, 0.3) is 0 Å². The van der Waals surface area contributed by atoms with Crippen LogP contribution in [0.2, 0.25) is 0 Å². The summed E-state index contributed by atoms with van der Waals surface area (Å²) in [5.41, 5.74) is 1.26. The second-order valence-corrected chi connectivity index (χ2v) is 6.91. The largest absolute Gasteiger partial charge is 0.491 e. The molecular weight excluding hydrogens is 316 g/mol. The Morgan fingerprint density at radius 3 is 2.48 bits per heavy atom. The van der Waals surface area contributed by atoms with Gasteiger partial charge in [-0.1, -0.05) is 23.4 Å². The predicted octanol–water partition coefficient (Wildman–Crippen LogP) is 2.87. The maximum atomic E-state index is 5.96. The maximum absolute atomic E-state index is 5.96. The van der Waals surface area contributed by atoms with Crippen LogP contribution in [0.4, 0.5) is 0 Å². The first kappa shape index (κ1) is 17.9. The minimum atomic E-state index is 0.194. The molecule has 0 spiro atoms. The monoisotopic (exact) mass is 344 g/mol. The summed E-state index contributed by atoms with van der Waals surface area (Å²) in [5, 5.41) is 4.01. The number of aromatic nitrogens is 2. The summed E-state index contributed by atoms with van der Waals surface area (Å²) in [4.78, 5) is 9.22. The topological polar surface area (TPSA) is 54.6 Å². The fourth-order valence-electron chi connectivity index (χ4n) is 3.19. The maximum Gasteiger partial charge on any atom is 0.223 e. The van der Waals surface area contributed by atoms with Crippen LogP contribution in [-0.2, 0) is 13.1 Å². The van der Waals surface area contributed by atoms with Crippen molar-refractivity contribution in [3.8, 4) is 5.75 Å². The molecule has 0 radical (unpaired) electrons. The van der Waals surface area contributed by atoms with Gasteiger partial charge in [-0.15, -0.1) is 0 Å². The van der Waals surface area contributed by atoms with Crippen LogP contribution < -0.4 is 4.74 Å². The molecule has 1 aromatic heterocycles. The smallest absolute Gasteiger partial charge is 0.223 e. The molecule has 0 N–H and O–H groups in total. The summed E-state index contributed by atoms with van der Waals surface area (Å²) in [5.74, 6) is 2.41. The van der Waals surface area contributed by atoms with Gasteiger partial charge in [-0.3, -0.25) is 9.80 Å². The average Bonchev–Trinajstić information content (AvgIpc) is 2.85. The molecule has 1 aliphatic rings. The van der Waals surface area contributed by atoms with Gasteiger partial charge in [-0.25, -0.2) is 0 Å². The van der Waals surface area contributed by atoms with E-state index < -0.39 is 0 Å².